The van der Waals surface area contributed by atoms with Crippen LogP contribution in [0, 0.1) is 13.8 Å². The zero-order valence-corrected chi connectivity index (χ0v) is 18.5. The quantitative estimate of drug-likeness (QED) is 0.277. The normalized spacial score (nSPS) is 10.8. The molecule has 0 aromatic heterocycles. The summed E-state index contributed by atoms with van der Waals surface area (Å²) in [6, 6.07) is 43.9. The first-order valence-electron chi connectivity index (χ1n) is 11.1. The highest BCUT2D eigenvalue weighted by atomic mass is 14.1. The molecule has 154 valence electrons. The SMILES string of the molecule is Cc1ccc(-c2cccc(-c3cccc(-c4cccc(-c5ccc(C)cc5)c4)c3)c2)cc1. The molecule has 0 radical (unpaired) electrons. The first-order chi connectivity index (χ1) is 15.7. The number of rotatable bonds is 4. The van der Waals surface area contributed by atoms with Gasteiger partial charge in [-0.15, -0.1) is 0 Å². The van der Waals surface area contributed by atoms with Gasteiger partial charge < -0.3 is 0 Å². The number of hydrogen-bond donors (Lipinski definition) is 0. The van der Waals surface area contributed by atoms with Crippen LogP contribution in [0.5, 0.6) is 0 Å². The average molecular weight is 411 g/mol. The fraction of sp³-hybridized carbons (Fsp3) is 0.0625. The molecule has 5 rings (SSSR count). The topological polar surface area (TPSA) is 0 Å². The fourth-order valence-electron chi connectivity index (χ4n) is 4.13. The van der Waals surface area contributed by atoms with Gasteiger partial charge in [-0.2, -0.15) is 0 Å². The molecule has 0 saturated carbocycles. The summed E-state index contributed by atoms with van der Waals surface area (Å²) >= 11 is 0. The third-order valence-electron chi connectivity index (χ3n) is 6.02. The molecule has 0 heteroatoms. The van der Waals surface area contributed by atoms with Crippen LogP contribution in [0.4, 0.5) is 0 Å². The van der Waals surface area contributed by atoms with Crippen LogP contribution in [0.15, 0.2) is 121 Å². The fourth-order valence-corrected chi connectivity index (χ4v) is 4.13. The van der Waals surface area contributed by atoms with Crippen LogP contribution in [0.3, 0.4) is 0 Å². The molecular formula is C32H26. The van der Waals surface area contributed by atoms with Crippen molar-refractivity contribution >= 4 is 0 Å². The Bertz CT molecular complexity index is 1250. The van der Waals surface area contributed by atoms with Gasteiger partial charge >= 0.3 is 0 Å². The highest BCUT2D eigenvalue weighted by Gasteiger charge is 2.06. The largest absolute Gasteiger partial charge is 0.0610 e. The van der Waals surface area contributed by atoms with E-state index in [0.717, 1.165) is 0 Å². The van der Waals surface area contributed by atoms with Gasteiger partial charge in [0.15, 0.2) is 0 Å². The number of aryl methyl sites for hydroxylation is 2. The second-order valence-electron chi connectivity index (χ2n) is 8.47. The van der Waals surface area contributed by atoms with Crippen LogP contribution in [0.1, 0.15) is 11.1 Å². The third-order valence-corrected chi connectivity index (χ3v) is 6.02. The van der Waals surface area contributed by atoms with Gasteiger partial charge in [-0.05, 0) is 76.6 Å². The van der Waals surface area contributed by atoms with Gasteiger partial charge in [0.25, 0.3) is 0 Å². The molecular weight excluding hydrogens is 384 g/mol. The van der Waals surface area contributed by atoms with E-state index in [9.17, 15) is 0 Å². The molecule has 0 spiro atoms. The number of hydrogen-bond acceptors (Lipinski definition) is 0. The predicted octanol–water partition coefficient (Wildman–Crippen LogP) is 8.97. The van der Waals surface area contributed by atoms with Gasteiger partial charge in [-0.1, -0.05) is 114 Å². The van der Waals surface area contributed by atoms with Crippen LogP contribution >= 0.6 is 0 Å². The first kappa shape index (κ1) is 20.0. The van der Waals surface area contributed by atoms with Gasteiger partial charge in [0.05, 0.1) is 0 Å². The van der Waals surface area contributed by atoms with Gasteiger partial charge in [-0.25, -0.2) is 0 Å². The molecule has 0 N–H and O–H groups in total. The zero-order valence-electron chi connectivity index (χ0n) is 18.5. The van der Waals surface area contributed by atoms with Gasteiger partial charge in [0.2, 0.25) is 0 Å². The summed E-state index contributed by atoms with van der Waals surface area (Å²) in [6.45, 7) is 4.25. The lowest BCUT2D eigenvalue weighted by Crippen LogP contribution is -1.85. The maximum absolute atomic E-state index is 2.29. The smallest absolute Gasteiger partial charge is 0.0178 e. The lowest BCUT2D eigenvalue weighted by Gasteiger charge is -2.10. The van der Waals surface area contributed by atoms with Crippen LogP contribution in [0.2, 0.25) is 0 Å². The summed E-state index contributed by atoms with van der Waals surface area (Å²) in [5, 5.41) is 0. The van der Waals surface area contributed by atoms with Crippen molar-refractivity contribution < 1.29 is 0 Å². The molecule has 0 saturated heterocycles. The van der Waals surface area contributed by atoms with E-state index in [-0.39, 0.29) is 0 Å². The van der Waals surface area contributed by atoms with E-state index in [1.165, 1.54) is 55.6 Å². The molecule has 5 aromatic carbocycles. The van der Waals surface area contributed by atoms with Crippen molar-refractivity contribution in [1.29, 1.82) is 0 Å². The van der Waals surface area contributed by atoms with Crippen molar-refractivity contribution in [2.24, 2.45) is 0 Å². The second-order valence-corrected chi connectivity index (χ2v) is 8.47. The molecule has 0 heterocycles. The van der Waals surface area contributed by atoms with E-state index in [2.05, 4.69) is 135 Å². The Morgan fingerprint density at radius 2 is 0.531 bits per heavy atom. The van der Waals surface area contributed by atoms with E-state index in [4.69, 9.17) is 0 Å². The Morgan fingerprint density at radius 1 is 0.281 bits per heavy atom. The van der Waals surface area contributed by atoms with Crippen molar-refractivity contribution in [3.8, 4) is 44.5 Å². The molecule has 0 atom stereocenters. The van der Waals surface area contributed by atoms with Gasteiger partial charge in [0, 0.05) is 0 Å². The van der Waals surface area contributed by atoms with Crippen LogP contribution in [-0.4, -0.2) is 0 Å². The first-order valence-corrected chi connectivity index (χ1v) is 11.1. The molecule has 0 aliphatic heterocycles. The minimum absolute atomic E-state index is 1.23. The Kier molecular flexibility index (Phi) is 5.44. The van der Waals surface area contributed by atoms with E-state index in [1.54, 1.807) is 0 Å². The standard InChI is InChI=1S/C32H26/c1-23-12-16-25(17-13-23)27-6-3-8-29(20-27)31-10-5-11-32(22-31)30-9-4-7-28(21-30)26-18-14-24(2)15-19-26/h3-22H,1-2H3. The summed E-state index contributed by atoms with van der Waals surface area (Å²) in [5.41, 5.74) is 12.5. The molecule has 0 unspecified atom stereocenters. The molecule has 32 heavy (non-hydrogen) atoms. The molecule has 0 aliphatic carbocycles. The molecule has 0 aliphatic rings. The molecule has 0 fully saturated rings. The van der Waals surface area contributed by atoms with Crippen molar-refractivity contribution in [2.45, 2.75) is 13.8 Å². The Balaban J connectivity index is 1.49. The third kappa shape index (κ3) is 4.26. The zero-order chi connectivity index (χ0) is 21.9. The highest BCUT2D eigenvalue weighted by molar-refractivity contribution is 5.79. The van der Waals surface area contributed by atoms with E-state index in [1.807, 2.05) is 0 Å². The maximum Gasteiger partial charge on any atom is -0.0178 e. The summed E-state index contributed by atoms with van der Waals surface area (Å²) in [4.78, 5) is 0. The van der Waals surface area contributed by atoms with Gasteiger partial charge in [-0.3, -0.25) is 0 Å². The Hall–Kier alpha value is -3.90. The molecule has 0 amide bonds. The lowest BCUT2D eigenvalue weighted by molar-refractivity contribution is 1.47. The summed E-state index contributed by atoms with van der Waals surface area (Å²) < 4.78 is 0. The summed E-state index contributed by atoms with van der Waals surface area (Å²) in [5.74, 6) is 0. The van der Waals surface area contributed by atoms with Crippen LogP contribution in [0.25, 0.3) is 44.5 Å². The minimum Gasteiger partial charge on any atom is -0.0610 e. The Morgan fingerprint density at radius 3 is 0.812 bits per heavy atom. The Labute approximate surface area is 190 Å². The monoisotopic (exact) mass is 410 g/mol. The molecule has 0 bridgehead atoms. The minimum atomic E-state index is 1.23. The highest BCUT2D eigenvalue weighted by Crippen LogP contribution is 2.31. The van der Waals surface area contributed by atoms with E-state index < -0.39 is 0 Å². The predicted molar refractivity (Wildman–Crippen MR) is 138 cm³/mol. The van der Waals surface area contributed by atoms with Crippen LogP contribution < -0.4 is 0 Å². The van der Waals surface area contributed by atoms with Crippen molar-refractivity contribution in [3.05, 3.63) is 132 Å². The van der Waals surface area contributed by atoms with E-state index >= 15 is 0 Å². The average Bonchev–Trinajstić information content (AvgIpc) is 2.85. The second kappa shape index (κ2) is 8.69. The van der Waals surface area contributed by atoms with Gasteiger partial charge in [0.1, 0.15) is 0 Å². The number of benzene rings is 5. The lowest BCUT2D eigenvalue weighted by atomic mass is 9.94. The summed E-state index contributed by atoms with van der Waals surface area (Å²) in [7, 11) is 0. The molecule has 0 nitrogen and oxygen atoms in total. The van der Waals surface area contributed by atoms with E-state index in [0.29, 0.717) is 0 Å². The van der Waals surface area contributed by atoms with Crippen molar-refractivity contribution in [1.82, 2.24) is 0 Å². The summed E-state index contributed by atoms with van der Waals surface area (Å²) in [6.07, 6.45) is 0. The maximum atomic E-state index is 2.29. The van der Waals surface area contributed by atoms with Crippen molar-refractivity contribution in [3.63, 3.8) is 0 Å². The van der Waals surface area contributed by atoms with Crippen LogP contribution in [-0.2, 0) is 0 Å². The molecule has 5 aromatic rings. The van der Waals surface area contributed by atoms with Crippen molar-refractivity contribution in [2.75, 3.05) is 0 Å².